The van der Waals surface area contributed by atoms with Gasteiger partial charge in [0.2, 0.25) is 0 Å². The van der Waals surface area contributed by atoms with E-state index in [0.717, 1.165) is 30.7 Å². The van der Waals surface area contributed by atoms with E-state index in [4.69, 9.17) is 15.0 Å². The quantitative estimate of drug-likeness (QED) is 0.911. The molecule has 2 aromatic rings. The summed E-state index contributed by atoms with van der Waals surface area (Å²) in [5.41, 5.74) is 7.43. The zero-order valence-electron chi connectivity index (χ0n) is 10.0. The fourth-order valence-corrected chi connectivity index (χ4v) is 2.75. The van der Waals surface area contributed by atoms with Gasteiger partial charge in [-0.2, -0.15) is 9.36 Å². The smallest absolute Gasteiger partial charge is 0.262 e. The molecule has 0 aromatic carbocycles. The van der Waals surface area contributed by atoms with Crippen LogP contribution in [0.3, 0.4) is 0 Å². The molecule has 3 heterocycles. The van der Waals surface area contributed by atoms with Crippen molar-refractivity contribution in [3.63, 3.8) is 0 Å². The maximum atomic E-state index is 5.85. The van der Waals surface area contributed by atoms with Crippen molar-refractivity contribution >= 4 is 16.5 Å². The van der Waals surface area contributed by atoms with Crippen LogP contribution in [0, 0.1) is 6.92 Å². The Morgan fingerprint density at radius 2 is 2.39 bits per heavy atom. The largest absolute Gasteiger partial charge is 0.389 e. The molecule has 1 aliphatic rings. The van der Waals surface area contributed by atoms with Crippen molar-refractivity contribution in [3.8, 4) is 11.5 Å². The van der Waals surface area contributed by atoms with Crippen molar-refractivity contribution in [2.45, 2.75) is 32.3 Å². The third-order valence-corrected chi connectivity index (χ3v) is 3.77. The lowest BCUT2D eigenvalue weighted by molar-refractivity contribution is 0.109. The van der Waals surface area contributed by atoms with Crippen LogP contribution in [-0.2, 0) is 11.2 Å². The lowest BCUT2D eigenvalue weighted by Gasteiger charge is -2.03. The maximum Gasteiger partial charge on any atom is 0.262 e. The Morgan fingerprint density at radius 1 is 1.50 bits per heavy atom. The Bertz CT molecular complexity index is 525. The predicted molar refractivity (Wildman–Crippen MR) is 67.2 cm³/mol. The second kappa shape index (κ2) is 4.66. The second-order valence-corrected chi connectivity index (χ2v) is 5.17. The summed E-state index contributed by atoms with van der Waals surface area (Å²) in [6.45, 7) is 2.71. The molecule has 0 amide bonds. The molecule has 0 radical (unpaired) electrons. The summed E-state index contributed by atoms with van der Waals surface area (Å²) < 4.78 is 15.0. The molecular weight excluding hydrogens is 252 g/mol. The average Bonchev–Trinajstić information content (AvgIpc) is 3.04. The molecule has 1 fully saturated rings. The molecule has 1 atom stereocenters. The lowest BCUT2D eigenvalue weighted by atomic mass is 10.2. The normalized spacial score (nSPS) is 19.5. The van der Waals surface area contributed by atoms with Gasteiger partial charge in [0.15, 0.2) is 5.82 Å². The summed E-state index contributed by atoms with van der Waals surface area (Å²) in [5, 5.41) is 4.58. The van der Waals surface area contributed by atoms with E-state index in [1.54, 1.807) is 0 Å². The van der Waals surface area contributed by atoms with Gasteiger partial charge in [-0.25, -0.2) is 0 Å². The third-order valence-electron chi connectivity index (χ3n) is 3.01. The summed E-state index contributed by atoms with van der Waals surface area (Å²) in [4.78, 5) is 4.37. The number of aromatic nitrogens is 3. The molecule has 0 aliphatic carbocycles. The van der Waals surface area contributed by atoms with Crippen LogP contribution in [0.5, 0.6) is 0 Å². The first-order valence-electron chi connectivity index (χ1n) is 5.90. The van der Waals surface area contributed by atoms with Crippen molar-refractivity contribution in [3.05, 3.63) is 11.5 Å². The number of ether oxygens (including phenoxy) is 1. The van der Waals surface area contributed by atoms with Crippen LogP contribution in [0.1, 0.15) is 24.4 Å². The van der Waals surface area contributed by atoms with Crippen molar-refractivity contribution in [2.75, 3.05) is 12.3 Å². The Morgan fingerprint density at radius 3 is 3.06 bits per heavy atom. The van der Waals surface area contributed by atoms with Gasteiger partial charge >= 0.3 is 0 Å². The molecule has 18 heavy (non-hydrogen) atoms. The van der Waals surface area contributed by atoms with Gasteiger partial charge in [-0.1, -0.05) is 5.16 Å². The molecule has 1 saturated heterocycles. The minimum absolute atomic E-state index is 0.217. The lowest BCUT2D eigenvalue weighted by Crippen LogP contribution is -2.09. The first-order valence-corrected chi connectivity index (χ1v) is 6.67. The Balaban J connectivity index is 1.80. The van der Waals surface area contributed by atoms with Crippen LogP contribution in [0.4, 0.5) is 5.00 Å². The van der Waals surface area contributed by atoms with Gasteiger partial charge in [-0.15, -0.1) is 0 Å². The zero-order valence-corrected chi connectivity index (χ0v) is 10.9. The van der Waals surface area contributed by atoms with Crippen LogP contribution >= 0.6 is 11.5 Å². The van der Waals surface area contributed by atoms with E-state index < -0.39 is 0 Å². The number of rotatable bonds is 3. The fraction of sp³-hybridized carbons (Fsp3) is 0.545. The van der Waals surface area contributed by atoms with Crippen LogP contribution in [0.2, 0.25) is 0 Å². The van der Waals surface area contributed by atoms with E-state index in [1.165, 1.54) is 11.5 Å². The molecule has 0 spiro atoms. The predicted octanol–water partition coefficient (Wildman–Crippen LogP) is 1.81. The van der Waals surface area contributed by atoms with Crippen molar-refractivity contribution < 1.29 is 9.26 Å². The van der Waals surface area contributed by atoms with Crippen LogP contribution in [0.25, 0.3) is 11.5 Å². The number of hydrogen-bond donors (Lipinski definition) is 1. The summed E-state index contributed by atoms with van der Waals surface area (Å²) in [6.07, 6.45) is 3.08. The molecule has 1 aliphatic heterocycles. The van der Waals surface area contributed by atoms with Gasteiger partial charge in [0.1, 0.15) is 5.00 Å². The van der Waals surface area contributed by atoms with Gasteiger partial charge < -0.3 is 15.0 Å². The molecule has 96 valence electrons. The Hall–Kier alpha value is -1.47. The molecule has 3 rings (SSSR count). The van der Waals surface area contributed by atoms with E-state index >= 15 is 0 Å². The van der Waals surface area contributed by atoms with Crippen molar-refractivity contribution in [1.82, 2.24) is 14.5 Å². The molecule has 0 bridgehead atoms. The van der Waals surface area contributed by atoms with Crippen LogP contribution in [-0.4, -0.2) is 27.2 Å². The summed E-state index contributed by atoms with van der Waals surface area (Å²) in [7, 11) is 0. The number of nitrogen functional groups attached to an aromatic ring is 1. The third kappa shape index (κ3) is 2.11. The summed E-state index contributed by atoms with van der Waals surface area (Å²) in [5.74, 6) is 1.12. The first-order chi connectivity index (χ1) is 8.74. The Labute approximate surface area is 108 Å². The number of aryl methyl sites for hydroxylation is 1. The molecule has 7 heteroatoms. The van der Waals surface area contributed by atoms with Crippen LogP contribution in [0.15, 0.2) is 4.52 Å². The minimum Gasteiger partial charge on any atom is -0.389 e. The van der Waals surface area contributed by atoms with Gasteiger partial charge in [0, 0.05) is 13.0 Å². The highest BCUT2D eigenvalue weighted by Crippen LogP contribution is 2.31. The molecule has 0 saturated carbocycles. The number of nitrogens with zero attached hydrogens (tertiary/aromatic N) is 3. The van der Waals surface area contributed by atoms with Crippen molar-refractivity contribution in [1.29, 1.82) is 0 Å². The van der Waals surface area contributed by atoms with E-state index in [1.807, 2.05) is 6.92 Å². The van der Waals surface area contributed by atoms with Gasteiger partial charge in [-0.3, -0.25) is 0 Å². The van der Waals surface area contributed by atoms with Gasteiger partial charge in [0.05, 0.1) is 17.4 Å². The monoisotopic (exact) mass is 266 g/mol. The average molecular weight is 266 g/mol. The highest BCUT2D eigenvalue weighted by atomic mass is 32.1. The maximum absolute atomic E-state index is 5.85. The highest BCUT2D eigenvalue weighted by Gasteiger charge is 2.21. The standard InChI is InChI=1S/C11H14N4O2S/c1-6-9(10(12)18-15-6)11-13-8(14-17-11)5-7-3-2-4-16-7/h7H,2-5,12H2,1H3. The zero-order chi connectivity index (χ0) is 12.5. The molecular formula is C11H14N4O2S. The van der Waals surface area contributed by atoms with Crippen LogP contribution < -0.4 is 5.73 Å². The molecule has 2 N–H and O–H groups in total. The number of nitrogens with two attached hydrogens (primary N) is 1. The van der Waals surface area contributed by atoms with Crippen molar-refractivity contribution in [2.24, 2.45) is 0 Å². The molecule has 2 aromatic heterocycles. The summed E-state index contributed by atoms with van der Waals surface area (Å²) in [6, 6.07) is 0. The number of hydrogen-bond acceptors (Lipinski definition) is 7. The van der Waals surface area contributed by atoms with E-state index in [-0.39, 0.29) is 6.10 Å². The highest BCUT2D eigenvalue weighted by molar-refractivity contribution is 7.10. The van der Waals surface area contributed by atoms with E-state index in [9.17, 15) is 0 Å². The van der Waals surface area contributed by atoms with Gasteiger partial charge in [0.25, 0.3) is 5.89 Å². The second-order valence-electron chi connectivity index (χ2n) is 4.36. The summed E-state index contributed by atoms with van der Waals surface area (Å²) >= 11 is 1.24. The SMILES string of the molecule is Cc1nsc(N)c1-c1nc(CC2CCCO2)no1. The van der Waals surface area contributed by atoms with E-state index in [2.05, 4.69) is 14.5 Å². The number of anilines is 1. The first kappa shape index (κ1) is 11.6. The Kier molecular flexibility index (Phi) is 3.00. The molecule has 1 unspecified atom stereocenters. The van der Waals surface area contributed by atoms with Gasteiger partial charge in [-0.05, 0) is 31.3 Å². The molecule has 6 nitrogen and oxygen atoms in total. The minimum atomic E-state index is 0.217. The topological polar surface area (TPSA) is 87.1 Å². The van der Waals surface area contributed by atoms with E-state index in [0.29, 0.717) is 23.1 Å². The fourth-order valence-electron chi connectivity index (χ4n) is 2.09.